The molecule has 3 atom stereocenters. The van der Waals surface area contributed by atoms with Gasteiger partial charge in [0, 0.05) is 25.8 Å². The molecule has 1 aromatic carbocycles. The van der Waals surface area contributed by atoms with Crippen molar-refractivity contribution in [1.29, 1.82) is 5.26 Å². The number of amides is 1. The van der Waals surface area contributed by atoms with Gasteiger partial charge in [-0.25, -0.2) is 4.79 Å². The number of carbonyl (C=O) groups excluding carboxylic acids is 2. The predicted molar refractivity (Wildman–Crippen MR) is 109 cm³/mol. The van der Waals surface area contributed by atoms with Crippen LogP contribution in [0.5, 0.6) is 0 Å². The van der Waals surface area contributed by atoms with Crippen LogP contribution in [0, 0.1) is 23.2 Å². The maximum Gasteiger partial charge on any atom is 0.349 e. The summed E-state index contributed by atoms with van der Waals surface area (Å²) in [4.78, 5) is 26.3. The zero-order valence-electron chi connectivity index (χ0n) is 17.1. The molecule has 2 rings (SSSR count). The Kier molecular flexibility index (Phi) is 7.62. The van der Waals surface area contributed by atoms with Crippen LogP contribution in [0.1, 0.15) is 38.7 Å². The second-order valence-corrected chi connectivity index (χ2v) is 7.67. The minimum absolute atomic E-state index is 0.108. The Morgan fingerprint density at radius 2 is 1.93 bits per heavy atom. The number of hydrogen-bond acceptors (Lipinski definition) is 5. The molecule has 0 heterocycles. The van der Waals surface area contributed by atoms with Crippen molar-refractivity contribution in [3.63, 3.8) is 0 Å². The standard InChI is InChI=1S/C22H29N3O3/c1-15-6-5-7-20(16(15)2)24-21(26)14-28-22(27)18(13-23)12-17-8-10-19(11-9-17)25(3)4/h8-12,15-16,20H,5-7,14H2,1-4H3,(H,24,26)/b18-12+/t15-,16-,20-/m1/s1. The van der Waals surface area contributed by atoms with Gasteiger partial charge >= 0.3 is 5.97 Å². The van der Waals surface area contributed by atoms with Crippen LogP contribution in [0.3, 0.4) is 0 Å². The molecule has 6 heteroatoms. The highest BCUT2D eigenvalue weighted by Gasteiger charge is 2.28. The number of rotatable bonds is 6. The first-order chi connectivity index (χ1) is 13.3. The normalized spacial score (nSPS) is 22.1. The molecule has 1 fully saturated rings. The molecule has 0 bridgehead atoms. The van der Waals surface area contributed by atoms with Crippen LogP contribution in [0.25, 0.3) is 6.08 Å². The van der Waals surface area contributed by atoms with Gasteiger partial charge in [-0.1, -0.05) is 38.8 Å². The molecule has 1 aliphatic carbocycles. The van der Waals surface area contributed by atoms with Gasteiger partial charge in [-0.05, 0) is 42.0 Å². The molecule has 1 aliphatic rings. The first-order valence-corrected chi connectivity index (χ1v) is 9.67. The van der Waals surface area contributed by atoms with E-state index in [2.05, 4.69) is 19.2 Å². The van der Waals surface area contributed by atoms with Crippen molar-refractivity contribution in [2.24, 2.45) is 11.8 Å². The number of nitriles is 1. The Labute approximate surface area is 167 Å². The van der Waals surface area contributed by atoms with Crippen molar-refractivity contribution in [3.05, 3.63) is 35.4 Å². The van der Waals surface area contributed by atoms with Gasteiger partial charge in [0.25, 0.3) is 5.91 Å². The number of nitrogens with one attached hydrogen (secondary N) is 1. The van der Waals surface area contributed by atoms with Gasteiger partial charge in [0.1, 0.15) is 11.6 Å². The molecule has 0 spiro atoms. The van der Waals surface area contributed by atoms with Gasteiger partial charge in [0.2, 0.25) is 0 Å². The van der Waals surface area contributed by atoms with E-state index in [0.29, 0.717) is 17.4 Å². The molecule has 1 saturated carbocycles. The molecule has 0 unspecified atom stereocenters. The number of hydrogen-bond donors (Lipinski definition) is 1. The highest BCUT2D eigenvalue weighted by Crippen LogP contribution is 2.29. The smallest absolute Gasteiger partial charge is 0.349 e. The Morgan fingerprint density at radius 3 is 2.54 bits per heavy atom. The third-order valence-electron chi connectivity index (χ3n) is 5.45. The fourth-order valence-electron chi connectivity index (χ4n) is 3.42. The summed E-state index contributed by atoms with van der Waals surface area (Å²) in [6, 6.07) is 9.38. The van der Waals surface area contributed by atoms with Crippen LogP contribution >= 0.6 is 0 Å². The largest absolute Gasteiger partial charge is 0.451 e. The first kappa shape index (κ1) is 21.5. The molecule has 1 amide bonds. The molecule has 0 saturated heterocycles. The van der Waals surface area contributed by atoms with E-state index in [1.54, 1.807) is 0 Å². The Morgan fingerprint density at radius 1 is 1.25 bits per heavy atom. The lowest BCUT2D eigenvalue weighted by molar-refractivity contribution is -0.144. The molecule has 150 valence electrons. The maximum atomic E-state index is 12.2. The van der Waals surface area contributed by atoms with Crippen LogP contribution in [0.2, 0.25) is 0 Å². The van der Waals surface area contributed by atoms with E-state index in [9.17, 15) is 14.9 Å². The third-order valence-corrected chi connectivity index (χ3v) is 5.45. The topological polar surface area (TPSA) is 82.4 Å². The van der Waals surface area contributed by atoms with Crippen molar-refractivity contribution in [2.45, 2.75) is 39.2 Å². The molecule has 1 N–H and O–H groups in total. The fourth-order valence-corrected chi connectivity index (χ4v) is 3.42. The van der Waals surface area contributed by atoms with Crippen molar-refractivity contribution >= 4 is 23.6 Å². The Hall–Kier alpha value is -2.81. The molecular weight excluding hydrogens is 354 g/mol. The zero-order chi connectivity index (χ0) is 20.7. The summed E-state index contributed by atoms with van der Waals surface area (Å²) in [5.74, 6) is -0.159. The third kappa shape index (κ3) is 5.85. The lowest BCUT2D eigenvalue weighted by Crippen LogP contribution is -2.45. The van der Waals surface area contributed by atoms with Crippen molar-refractivity contribution in [2.75, 3.05) is 25.6 Å². The lowest BCUT2D eigenvalue weighted by Gasteiger charge is -2.34. The summed E-state index contributed by atoms with van der Waals surface area (Å²) < 4.78 is 5.04. The van der Waals surface area contributed by atoms with Gasteiger partial charge in [-0.3, -0.25) is 4.79 Å². The second-order valence-electron chi connectivity index (χ2n) is 7.67. The van der Waals surface area contributed by atoms with Gasteiger partial charge in [0.15, 0.2) is 6.61 Å². The number of esters is 1. The summed E-state index contributed by atoms with van der Waals surface area (Å²) in [5, 5.41) is 12.2. The van der Waals surface area contributed by atoms with Crippen molar-refractivity contribution in [1.82, 2.24) is 5.32 Å². The highest BCUT2D eigenvalue weighted by molar-refractivity contribution is 5.98. The number of carbonyl (C=O) groups is 2. The van der Waals surface area contributed by atoms with Crippen LogP contribution < -0.4 is 10.2 Å². The molecule has 0 radical (unpaired) electrons. The van der Waals surface area contributed by atoms with Gasteiger partial charge in [-0.15, -0.1) is 0 Å². The van der Waals surface area contributed by atoms with Crippen LogP contribution in [-0.2, 0) is 14.3 Å². The number of nitrogens with zero attached hydrogens (tertiary/aromatic N) is 2. The maximum absolute atomic E-state index is 12.2. The van der Waals surface area contributed by atoms with E-state index in [0.717, 1.165) is 18.5 Å². The van der Waals surface area contributed by atoms with E-state index in [4.69, 9.17) is 4.74 Å². The molecule has 0 aromatic heterocycles. The predicted octanol–water partition coefficient (Wildman–Crippen LogP) is 3.14. The zero-order valence-corrected chi connectivity index (χ0v) is 17.1. The van der Waals surface area contributed by atoms with E-state index in [1.807, 2.05) is 49.3 Å². The number of benzene rings is 1. The molecule has 0 aliphatic heterocycles. The minimum atomic E-state index is -0.792. The van der Waals surface area contributed by atoms with Gasteiger partial charge in [0.05, 0.1) is 0 Å². The quantitative estimate of drug-likeness (QED) is 0.464. The summed E-state index contributed by atoms with van der Waals surface area (Å²) in [5.41, 5.74) is 1.60. The SMILES string of the molecule is C[C@@H]1[C@H](C)CCC[C@H]1NC(=O)COC(=O)/C(C#N)=C/c1ccc(N(C)C)cc1. The average molecular weight is 383 g/mol. The Balaban J connectivity index is 1.91. The van der Waals surface area contributed by atoms with Crippen LogP contribution in [0.15, 0.2) is 29.8 Å². The van der Waals surface area contributed by atoms with E-state index in [1.165, 1.54) is 12.5 Å². The van der Waals surface area contributed by atoms with E-state index >= 15 is 0 Å². The number of ether oxygens (including phenoxy) is 1. The van der Waals surface area contributed by atoms with E-state index in [-0.39, 0.29) is 24.1 Å². The summed E-state index contributed by atoms with van der Waals surface area (Å²) in [7, 11) is 3.87. The molecular formula is C22H29N3O3. The summed E-state index contributed by atoms with van der Waals surface area (Å²) >= 11 is 0. The van der Waals surface area contributed by atoms with Crippen molar-refractivity contribution < 1.29 is 14.3 Å². The highest BCUT2D eigenvalue weighted by atomic mass is 16.5. The van der Waals surface area contributed by atoms with E-state index < -0.39 is 5.97 Å². The van der Waals surface area contributed by atoms with Gasteiger partial charge < -0.3 is 15.0 Å². The molecule has 1 aromatic rings. The lowest BCUT2D eigenvalue weighted by atomic mass is 9.78. The molecule has 6 nitrogen and oxygen atoms in total. The fraction of sp³-hybridized carbons (Fsp3) is 0.500. The van der Waals surface area contributed by atoms with Crippen molar-refractivity contribution in [3.8, 4) is 6.07 Å². The summed E-state index contributed by atoms with van der Waals surface area (Å²) in [6.45, 7) is 3.95. The first-order valence-electron chi connectivity index (χ1n) is 9.67. The average Bonchev–Trinajstić information content (AvgIpc) is 2.68. The van der Waals surface area contributed by atoms with Crippen LogP contribution in [-0.4, -0.2) is 38.6 Å². The summed E-state index contributed by atoms with van der Waals surface area (Å²) in [6.07, 6.45) is 4.67. The monoisotopic (exact) mass is 383 g/mol. The Bertz CT molecular complexity index is 762. The van der Waals surface area contributed by atoms with Gasteiger partial charge in [-0.2, -0.15) is 5.26 Å². The van der Waals surface area contributed by atoms with Crippen LogP contribution in [0.4, 0.5) is 5.69 Å². The molecule has 28 heavy (non-hydrogen) atoms. The second kappa shape index (κ2) is 9.93. The number of anilines is 1. The minimum Gasteiger partial charge on any atom is -0.451 e.